The fourth-order valence-electron chi connectivity index (χ4n) is 3.53. The topological polar surface area (TPSA) is 65.1 Å². The molecule has 0 unspecified atom stereocenters. The molecule has 0 aliphatic carbocycles. The summed E-state index contributed by atoms with van der Waals surface area (Å²) < 4.78 is 17.0. The molecule has 1 spiro atoms. The highest BCUT2D eigenvalue weighted by molar-refractivity contribution is 6.01. The number of benzene rings is 1. The van der Waals surface area contributed by atoms with Crippen LogP contribution < -0.4 is 14.2 Å². The summed E-state index contributed by atoms with van der Waals surface area (Å²) in [5, 5.41) is 0. The predicted octanol–water partition coefficient (Wildman–Crippen LogP) is 2.61. The van der Waals surface area contributed by atoms with E-state index in [4.69, 9.17) is 14.2 Å². The fraction of sp³-hybridized carbons (Fsp3) is 0.474. The molecular formula is C19H23NO5. The Morgan fingerprint density at radius 3 is 2.48 bits per heavy atom. The number of ketones is 1. The van der Waals surface area contributed by atoms with Gasteiger partial charge in [0.25, 0.3) is 0 Å². The average Bonchev–Trinajstić information content (AvgIpc) is 2.60. The summed E-state index contributed by atoms with van der Waals surface area (Å²) in [6.07, 6.45) is 1.50. The molecule has 0 atom stereocenters. The summed E-state index contributed by atoms with van der Waals surface area (Å²) in [4.78, 5) is 26.5. The molecule has 2 heterocycles. The lowest BCUT2D eigenvalue weighted by atomic mass is 9.82. The minimum Gasteiger partial charge on any atom is -0.493 e. The van der Waals surface area contributed by atoms with E-state index >= 15 is 0 Å². The van der Waals surface area contributed by atoms with Gasteiger partial charge in [0.1, 0.15) is 5.60 Å². The lowest BCUT2D eigenvalue weighted by Gasteiger charge is -2.44. The van der Waals surface area contributed by atoms with Gasteiger partial charge in [0.2, 0.25) is 11.7 Å². The van der Waals surface area contributed by atoms with E-state index in [0.29, 0.717) is 60.7 Å². The van der Waals surface area contributed by atoms with Crippen molar-refractivity contribution in [3.05, 3.63) is 29.8 Å². The van der Waals surface area contributed by atoms with E-state index < -0.39 is 5.60 Å². The smallest absolute Gasteiger partial charge is 0.248 e. The second-order valence-electron chi connectivity index (χ2n) is 6.64. The highest BCUT2D eigenvalue weighted by Crippen LogP contribution is 2.47. The third kappa shape index (κ3) is 2.97. The minimum absolute atomic E-state index is 0.0295. The average molecular weight is 345 g/mol. The number of piperidine rings is 1. The van der Waals surface area contributed by atoms with Crippen LogP contribution in [-0.4, -0.2) is 49.5 Å². The van der Waals surface area contributed by atoms with Gasteiger partial charge in [-0.25, -0.2) is 0 Å². The SMILES string of the molecule is C=C(C)C(=O)N1CCC2(CC1)CC(=O)c1ccc(OC)c(OC)c1O2. The second-order valence-corrected chi connectivity index (χ2v) is 6.64. The first kappa shape index (κ1) is 17.3. The predicted molar refractivity (Wildman–Crippen MR) is 92.5 cm³/mol. The van der Waals surface area contributed by atoms with E-state index in [2.05, 4.69) is 6.58 Å². The van der Waals surface area contributed by atoms with Gasteiger partial charge in [-0.05, 0) is 19.1 Å². The minimum atomic E-state index is -0.602. The molecule has 2 aliphatic rings. The van der Waals surface area contributed by atoms with Gasteiger partial charge in [0, 0.05) is 31.5 Å². The van der Waals surface area contributed by atoms with Gasteiger partial charge in [0.15, 0.2) is 17.3 Å². The van der Waals surface area contributed by atoms with Crippen LogP contribution in [-0.2, 0) is 4.79 Å². The van der Waals surface area contributed by atoms with Gasteiger partial charge in [-0.3, -0.25) is 9.59 Å². The van der Waals surface area contributed by atoms with Crippen LogP contribution in [0.2, 0.25) is 0 Å². The number of methoxy groups -OCH3 is 2. The molecular weight excluding hydrogens is 322 g/mol. The number of Topliss-reactive ketones (excluding diaryl/α,β-unsaturated/α-hetero) is 1. The number of likely N-dealkylation sites (tertiary alicyclic amines) is 1. The van der Waals surface area contributed by atoms with E-state index in [1.165, 1.54) is 7.11 Å². The van der Waals surface area contributed by atoms with Crippen molar-refractivity contribution in [1.29, 1.82) is 0 Å². The second kappa shape index (κ2) is 6.43. The lowest BCUT2D eigenvalue weighted by Crippen LogP contribution is -2.52. The zero-order chi connectivity index (χ0) is 18.2. The number of amides is 1. The molecule has 1 fully saturated rings. The summed E-state index contributed by atoms with van der Waals surface area (Å²) in [5.74, 6) is 1.39. The zero-order valence-corrected chi connectivity index (χ0v) is 14.9. The number of ether oxygens (including phenoxy) is 3. The third-order valence-corrected chi connectivity index (χ3v) is 4.93. The first-order valence-corrected chi connectivity index (χ1v) is 8.33. The number of carbonyl (C=O) groups excluding carboxylic acids is 2. The molecule has 2 aliphatic heterocycles. The van der Waals surface area contributed by atoms with Gasteiger partial charge in [-0.1, -0.05) is 6.58 Å². The van der Waals surface area contributed by atoms with Gasteiger partial charge < -0.3 is 19.1 Å². The first-order valence-electron chi connectivity index (χ1n) is 8.33. The molecule has 1 amide bonds. The Labute approximate surface area is 147 Å². The van der Waals surface area contributed by atoms with Crippen LogP contribution in [0, 0.1) is 0 Å². The van der Waals surface area contributed by atoms with Crippen molar-refractivity contribution in [1.82, 2.24) is 4.90 Å². The summed E-state index contributed by atoms with van der Waals surface area (Å²) in [6.45, 7) is 6.50. The van der Waals surface area contributed by atoms with Crippen LogP contribution >= 0.6 is 0 Å². The molecule has 0 saturated carbocycles. The van der Waals surface area contributed by atoms with Crippen molar-refractivity contribution in [2.45, 2.75) is 31.8 Å². The van der Waals surface area contributed by atoms with Gasteiger partial charge >= 0.3 is 0 Å². The van der Waals surface area contributed by atoms with Crippen LogP contribution in [0.15, 0.2) is 24.3 Å². The van der Waals surface area contributed by atoms with Gasteiger partial charge in [-0.2, -0.15) is 0 Å². The van der Waals surface area contributed by atoms with Crippen molar-refractivity contribution in [2.24, 2.45) is 0 Å². The molecule has 25 heavy (non-hydrogen) atoms. The van der Waals surface area contributed by atoms with Gasteiger partial charge in [0.05, 0.1) is 26.2 Å². The maximum Gasteiger partial charge on any atom is 0.248 e. The summed E-state index contributed by atoms with van der Waals surface area (Å²) in [7, 11) is 3.08. The molecule has 1 aromatic rings. The van der Waals surface area contributed by atoms with Crippen molar-refractivity contribution in [3.8, 4) is 17.2 Å². The number of nitrogens with zero attached hydrogens (tertiary/aromatic N) is 1. The van der Waals surface area contributed by atoms with Crippen LogP contribution in [0.5, 0.6) is 17.2 Å². The van der Waals surface area contributed by atoms with Crippen molar-refractivity contribution in [3.63, 3.8) is 0 Å². The highest BCUT2D eigenvalue weighted by Gasteiger charge is 2.45. The Balaban J connectivity index is 1.88. The Kier molecular flexibility index (Phi) is 4.45. The zero-order valence-electron chi connectivity index (χ0n) is 14.9. The molecule has 6 heteroatoms. The van der Waals surface area contributed by atoms with E-state index in [9.17, 15) is 9.59 Å². The van der Waals surface area contributed by atoms with E-state index in [1.807, 2.05) is 0 Å². The highest BCUT2D eigenvalue weighted by atomic mass is 16.5. The normalized spacial score (nSPS) is 18.4. The van der Waals surface area contributed by atoms with E-state index in [-0.39, 0.29) is 11.7 Å². The Morgan fingerprint density at radius 2 is 1.92 bits per heavy atom. The van der Waals surface area contributed by atoms with Crippen molar-refractivity contribution >= 4 is 11.7 Å². The van der Waals surface area contributed by atoms with Crippen LogP contribution in [0.1, 0.15) is 36.5 Å². The van der Waals surface area contributed by atoms with E-state index in [0.717, 1.165) is 0 Å². The van der Waals surface area contributed by atoms with Crippen molar-refractivity contribution < 1.29 is 23.8 Å². The molecule has 0 N–H and O–H groups in total. The molecule has 0 aromatic heterocycles. The fourth-order valence-corrected chi connectivity index (χ4v) is 3.53. The number of rotatable bonds is 3. The van der Waals surface area contributed by atoms with Crippen molar-refractivity contribution in [2.75, 3.05) is 27.3 Å². The van der Waals surface area contributed by atoms with Gasteiger partial charge in [-0.15, -0.1) is 0 Å². The molecule has 0 bridgehead atoms. The monoisotopic (exact) mass is 345 g/mol. The Bertz CT molecular complexity index is 732. The summed E-state index contributed by atoms with van der Waals surface area (Å²) in [5.41, 5.74) is 0.437. The van der Waals surface area contributed by atoms with Crippen LogP contribution in [0.25, 0.3) is 0 Å². The Hall–Kier alpha value is -2.50. The molecule has 6 nitrogen and oxygen atoms in total. The summed E-state index contributed by atoms with van der Waals surface area (Å²) in [6, 6.07) is 3.43. The molecule has 1 aromatic carbocycles. The van der Waals surface area contributed by atoms with Crippen LogP contribution in [0.4, 0.5) is 0 Å². The molecule has 0 radical (unpaired) electrons. The number of hydrogen-bond donors (Lipinski definition) is 0. The quantitative estimate of drug-likeness (QED) is 0.788. The largest absolute Gasteiger partial charge is 0.493 e. The third-order valence-electron chi connectivity index (χ3n) is 4.93. The standard InChI is InChI=1S/C19H23NO5/c1-12(2)18(22)20-9-7-19(8-10-20)11-14(21)13-5-6-15(23-3)17(24-4)16(13)25-19/h5-6H,1,7-11H2,2-4H3. The number of carbonyl (C=O) groups is 2. The molecule has 3 rings (SSSR count). The van der Waals surface area contributed by atoms with Crippen LogP contribution in [0.3, 0.4) is 0 Å². The molecule has 134 valence electrons. The maximum atomic E-state index is 12.7. The Morgan fingerprint density at radius 1 is 1.24 bits per heavy atom. The first-order chi connectivity index (χ1) is 11.9. The maximum absolute atomic E-state index is 12.7. The van der Waals surface area contributed by atoms with E-state index in [1.54, 1.807) is 31.1 Å². The lowest BCUT2D eigenvalue weighted by molar-refractivity contribution is -0.130. The number of fused-ring (bicyclic) bond motifs is 1. The number of hydrogen-bond acceptors (Lipinski definition) is 5. The summed E-state index contributed by atoms with van der Waals surface area (Å²) >= 11 is 0. The molecule has 1 saturated heterocycles.